The Labute approximate surface area is 125 Å². The molecule has 0 aliphatic rings. The first kappa shape index (κ1) is 18.9. The zero-order valence-electron chi connectivity index (χ0n) is 13.2. The molecule has 2 nitrogen and oxygen atoms in total. The maximum absolute atomic E-state index is 10.2. The fourth-order valence-corrected chi connectivity index (χ4v) is 2.23. The summed E-state index contributed by atoms with van der Waals surface area (Å²) in [4.78, 5) is 10.2. The van der Waals surface area contributed by atoms with Gasteiger partial charge in [-0.15, -0.1) is 0 Å². The van der Waals surface area contributed by atoms with Crippen molar-refractivity contribution in [3.63, 3.8) is 0 Å². The minimum absolute atomic E-state index is 0.838. The molecule has 0 bridgehead atoms. The standard InChI is InChI=1S/C18H32O2/c1-2-3-4-5-6-7-8-9-10-11-12-13-14-15-16-17-18(19)20/h3-4,16-17H,2,5-15H2,1H3,(H,19,20)/b4-3?,17-16-. The predicted molar refractivity (Wildman–Crippen MR) is 87.0 cm³/mol. The molecule has 0 heterocycles. The van der Waals surface area contributed by atoms with Crippen molar-refractivity contribution in [1.82, 2.24) is 0 Å². The largest absolute Gasteiger partial charge is 0.478 e. The lowest BCUT2D eigenvalue weighted by Gasteiger charge is -2.01. The van der Waals surface area contributed by atoms with Gasteiger partial charge in [0.05, 0.1) is 0 Å². The summed E-state index contributed by atoms with van der Waals surface area (Å²) in [6.45, 7) is 2.18. The number of allylic oxidation sites excluding steroid dienone is 3. The maximum Gasteiger partial charge on any atom is 0.327 e. The highest BCUT2D eigenvalue weighted by Gasteiger charge is 1.92. The van der Waals surface area contributed by atoms with E-state index in [1.165, 1.54) is 63.9 Å². The molecule has 0 saturated heterocycles. The van der Waals surface area contributed by atoms with Crippen molar-refractivity contribution < 1.29 is 9.90 Å². The molecule has 1 N–H and O–H groups in total. The summed E-state index contributed by atoms with van der Waals surface area (Å²) in [7, 11) is 0. The second kappa shape index (κ2) is 16.0. The van der Waals surface area contributed by atoms with Crippen LogP contribution in [0.1, 0.15) is 84.0 Å². The lowest BCUT2D eigenvalue weighted by molar-refractivity contribution is -0.131. The number of rotatable bonds is 14. The monoisotopic (exact) mass is 280 g/mol. The number of unbranched alkanes of at least 4 members (excludes halogenated alkanes) is 10. The molecule has 0 unspecified atom stereocenters. The van der Waals surface area contributed by atoms with Gasteiger partial charge in [0, 0.05) is 6.08 Å². The van der Waals surface area contributed by atoms with Gasteiger partial charge >= 0.3 is 5.97 Å². The minimum atomic E-state index is -0.838. The number of carboxylic acid groups (broad SMARTS) is 1. The lowest BCUT2D eigenvalue weighted by Crippen LogP contribution is -1.85. The molecule has 0 aromatic heterocycles. The summed E-state index contributed by atoms with van der Waals surface area (Å²) in [5.74, 6) is -0.838. The molecule has 0 aromatic rings. The Bertz CT molecular complexity index is 267. The third kappa shape index (κ3) is 16.9. The van der Waals surface area contributed by atoms with Crippen molar-refractivity contribution in [3.05, 3.63) is 24.3 Å². The number of carbonyl (C=O) groups is 1. The van der Waals surface area contributed by atoms with Crippen molar-refractivity contribution in [2.45, 2.75) is 84.0 Å². The van der Waals surface area contributed by atoms with Crippen LogP contribution >= 0.6 is 0 Å². The van der Waals surface area contributed by atoms with Gasteiger partial charge in [0.1, 0.15) is 0 Å². The molecule has 0 spiro atoms. The Hall–Kier alpha value is -1.05. The summed E-state index contributed by atoms with van der Waals surface area (Å²) in [5, 5.41) is 8.43. The quantitative estimate of drug-likeness (QED) is 0.245. The molecule has 20 heavy (non-hydrogen) atoms. The van der Waals surface area contributed by atoms with E-state index < -0.39 is 5.97 Å². The summed E-state index contributed by atoms with van der Waals surface area (Å²) in [5.41, 5.74) is 0. The summed E-state index contributed by atoms with van der Waals surface area (Å²) in [6, 6.07) is 0. The van der Waals surface area contributed by atoms with Crippen LogP contribution in [-0.4, -0.2) is 11.1 Å². The molecule has 0 atom stereocenters. The van der Waals surface area contributed by atoms with Crippen LogP contribution in [0.15, 0.2) is 24.3 Å². The zero-order chi connectivity index (χ0) is 14.9. The van der Waals surface area contributed by atoms with Gasteiger partial charge in [-0.3, -0.25) is 0 Å². The van der Waals surface area contributed by atoms with Gasteiger partial charge in [0.2, 0.25) is 0 Å². The summed E-state index contributed by atoms with van der Waals surface area (Å²) >= 11 is 0. The molecule has 0 fully saturated rings. The predicted octanol–water partition coefficient (Wildman–Crippen LogP) is 5.88. The third-order valence-corrected chi connectivity index (χ3v) is 3.40. The van der Waals surface area contributed by atoms with Crippen LogP contribution in [0.5, 0.6) is 0 Å². The smallest absolute Gasteiger partial charge is 0.327 e. The van der Waals surface area contributed by atoms with Gasteiger partial charge in [-0.1, -0.05) is 70.1 Å². The minimum Gasteiger partial charge on any atom is -0.478 e. The van der Waals surface area contributed by atoms with Crippen LogP contribution in [0, 0.1) is 0 Å². The van der Waals surface area contributed by atoms with E-state index in [1.54, 1.807) is 6.08 Å². The Morgan fingerprint density at radius 1 is 0.750 bits per heavy atom. The van der Waals surface area contributed by atoms with Crippen LogP contribution in [-0.2, 0) is 4.79 Å². The SMILES string of the molecule is CCC=CCCCCCCCCCCC/C=C\C(=O)O. The lowest BCUT2D eigenvalue weighted by atomic mass is 10.1. The van der Waals surface area contributed by atoms with Crippen LogP contribution < -0.4 is 0 Å². The molecule has 116 valence electrons. The topological polar surface area (TPSA) is 37.3 Å². The van der Waals surface area contributed by atoms with Crippen molar-refractivity contribution in [1.29, 1.82) is 0 Å². The Balaban J connectivity index is 3.06. The molecule has 0 aromatic carbocycles. The molecule has 0 aliphatic heterocycles. The maximum atomic E-state index is 10.2. The fourth-order valence-electron chi connectivity index (χ4n) is 2.23. The van der Waals surface area contributed by atoms with E-state index in [4.69, 9.17) is 5.11 Å². The van der Waals surface area contributed by atoms with Gasteiger partial charge in [-0.05, 0) is 32.1 Å². The number of carboxylic acids is 1. The average molecular weight is 280 g/mol. The molecule has 2 heteroatoms. The summed E-state index contributed by atoms with van der Waals surface area (Å²) in [6.07, 6.45) is 22.7. The molecule has 0 saturated carbocycles. The van der Waals surface area contributed by atoms with E-state index in [1.807, 2.05) is 0 Å². The van der Waals surface area contributed by atoms with E-state index in [0.717, 1.165) is 19.3 Å². The first-order chi connectivity index (χ1) is 9.77. The Kier molecular flexibility index (Phi) is 15.2. The highest BCUT2D eigenvalue weighted by Crippen LogP contribution is 2.11. The van der Waals surface area contributed by atoms with Crippen molar-refractivity contribution in [2.75, 3.05) is 0 Å². The first-order valence-corrected chi connectivity index (χ1v) is 8.31. The van der Waals surface area contributed by atoms with E-state index in [2.05, 4.69) is 19.1 Å². The van der Waals surface area contributed by atoms with E-state index in [9.17, 15) is 4.79 Å². The number of hydrogen-bond acceptors (Lipinski definition) is 1. The molecule has 0 rings (SSSR count). The summed E-state index contributed by atoms with van der Waals surface area (Å²) < 4.78 is 0. The highest BCUT2D eigenvalue weighted by molar-refractivity contribution is 5.79. The highest BCUT2D eigenvalue weighted by atomic mass is 16.4. The van der Waals surface area contributed by atoms with Gasteiger partial charge in [-0.25, -0.2) is 4.79 Å². The average Bonchev–Trinajstić information content (AvgIpc) is 2.43. The van der Waals surface area contributed by atoms with Crippen LogP contribution in [0.3, 0.4) is 0 Å². The van der Waals surface area contributed by atoms with Crippen molar-refractivity contribution >= 4 is 5.97 Å². The van der Waals surface area contributed by atoms with Crippen LogP contribution in [0.25, 0.3) is 0 Å². The first-order valence-electron chi connectivity index (χ1n) is 8.31. The van der Waals surface area contributed by atoms with E-state index >= 15 is 0 Å². The van der Waals surface area contributed by atoms with Crippen molar-refractivity contribution in [3.8, 4) is 0 Å². The van der Waals surface area contributed by atoms with Gasteiger partial charge in [-0.2, -0.15) is 0 Å². The number of hydrogen-bond donors (Lipinski definition) is 1. The Morgan fingerprint density at radius 3 is 1.65 bits per heavy atom. The van der Waals surface area contributed by atoms with Gasteiger partial charge in [0.25, 0.3) is 0 Å². The Morgan fingerprint density at radius 2 is 1.20 bits per heavy atom. The van der Waals surface area contributed by atoms with Crippen molar-refractivity contribution in [2.24, 2.45) is 0 Å². The van der Waals surface area contributed by atoms with Crippen LogP contribution in [0.4, 0.5) is 0 Å². The number of aliphatic carboxylic acids is 1. The normalized spacial score (nSPS) is 11.7. The second-order valence-electron chi connectivity index (χ2n) is 5.38. The van der Waals surface area contributed by atoms with Gasteiger partial charge < -0.3 is 5.11 Å². The van der Waals surface area contributed by atoms with Crippen LogP contribution in [0.2, 0.25) is 0 Å². The molecular formula is C18H32O2. The second-order valence-corrected chi connectivity index (χ2v) is 5.38. The third-order valence-electron chi connectivity index (χ3n) is 3.40. The van der Waals surface area contributed by atoms with E-state index in [0.29, 0.717) is 0 Å². The van der Waals surface area contributed by atoms with Gasteiger partial charge in [0.15, 0.2) is 0 Å². The fraction of sp³-hybridized carbons (Fsp3) is 0.722. The molecule has 0 aliphatic carbocycles. The molecule has 0 radical (unpaired) electrons. The molecular weight excluding hydrogens is 248 g/mol. The zero-order valence-corrected chi connectivity index (χ0v) is 13.2. The molecule has 0 amide bonds. The van der Waals surface area contributed by atoms with E-state index in [-0.39, 0.29) is 0 Å².